The van der Waals surface area contributed by atoms with Gasteiger partial charge >= 0.3 is 12.1 Å². The monoisotopic (exact) mass is 402 g/mol. The van der Waals surface area contributed by atoms with E-state index in [-0.39, 0.29) is 18.4 Å². The van der Waals surface area contributed by atoms with Gasteiger partial charge in [-0.05, 0) is 44.2 Å². The molecule has 11 heteroatoms. The van der Waals surface area contributed by atoms with Gasteiger partial charge in [0.1, 0.15) is 17.5 Å². The van der Waals surface area contributed by atoms with Crippen molar-refractivity contribution in [1.82, 2.24) is 30.1 Å². The lowest BCUT2D eigenvalue weighted by Gasteiger charge is -2.28. The van der Waals surface area contributed by atoms with Crippen LogP contribution in [0.1, 0.15) is 37.3 Å². The summed E-state index contributed by atoms with van der Waals surface area (Å²) in [5, 5.41) is 11.7. The zero-order chi connectivity index (χ0) is 19.9. The Balaban J connectivity index is 1.37. The molecule has 1 saturated carbocycles. The van der Waals surface area contributed by atoms with Crippen molar-refractivity contribution < 1.29 is 22.0 Å². The molecule has 0 aromatic carbocycles. The maximum absolute atomic E-state index is 13.0. The summed E-state index contributed by atoms with van der Waals surface area (Å²) in [6, 6.07) is 1.92. The van der Waals surface area contributed by atoms with Crippen LogP contribution in [0.2, 0.25) is 0 Å². The molecule has 0 spiro atoms. The van der Waals surface area contributed by atoms with Crippen LogP contribution in [-0.4, -0.2) is 50.0 Å². The fraction of sp³-hybridized carbons (Fsp3) is 0.588. The second-order valence-electron chi connectivity index (χ2n) is 7.30. The van der Waals surface area contributed by atoms with Gasteiger partial charge in [-0.25, -0.2) is 9.50 Å². The number of hydrogen-bond donors (Lipinski definition) is 2. The van der Waals surface area contributed by atoms with E-state index >= 15 is 0 Å². The van der Waals surface area contributed by atoms with Crippen LogP contribution >= 0.6 is 0 Å². The summed E-state index contributed by atoms with van der Waals surface area (Å²) in [6.45, 7) is -1.24. The van der Waals surface area contributed by atoms with Crippen molar-refractivity contribution in [2.75, 3.05) is 13.1 Å². The Morgan fingerprint density at radius 2 is 1.89 bits per heavy atom. The number of hydrogen-bond acceptors (Lipinski definition) is 4. The minimum Gasteiger partial charge on any atom is -0.346 e. The van der Waals surface area contributed by atoms with Gasteiger partial charge in [-0.15, -0.1) is 5.10 Å². The smallest absolute Gasteiger partial charge is 0.346 e. The summed E-state index contributed by atoms with van der Waals surface area (Å²) >= 11 is 0. The lowest BCUT2D eigenvalue weighted by molar-refractivity contribution is -0.279. The zero-order valence-corrected chi connectivity index (χ0v) is 14.8. The molecule has 3 heterocycles. The van der Waals surface area contributed by atoms with E-state index in [1.165, 1.54) is 0 Å². The molecule has 3 aromatic heterocycles. The van der Waals surface area contributed by atoms with Gasteiger partial charge in [0.2, 0.25) is 0 Å². The van der Waals surface area contributed by atoms with Crippen molar-refractivity contribution in [1.29, 1.82) is 0 Å². The Bertz CT molecular complexity index is 954. The lowest BCUT2D eigenvalue weighted by Crippen LogP contribution is -2.46. The number of halogens is 5. The fourth-order valence-corrected chi connectivity index (χ4v) is 3.87. The van der Waals surface area contributed by atoms with Crippen LogP contribution < -0.4 is 5.32 Å². The molecular formula is C17H19F5N6. The third-order valence-corrected chi connectivity index (χ3v) is 5.43. The highest BCUT2D eigenvalue weighted by Gasteiger charge is 2.56. The minimum atomic E-state index is -5.52. The molecule has 6 nitrogen and oxygen atoms in total. The van der Waals surface area contributed by atoms with E-state index in [4.69, 9.17) is 0 Å². The summed E-state index contributed by atoms with van der Waals surface area (Å²) in [7, 11) is 0. The van der Waals surface area contributed by atoms with Crippen molar-refractivity contribution in [2.45, 2.75) is 43.7 Å². The van der Waals surface area contributed by atoms with Gasteiger partial charge in [0, 0.05) is 17.5 Å². The molecule has 0 aliphatic heterocycles. The Morgan fingerprint density at radius 3 is 2.61 bits per heavy atom. The third-order valence-electron chi connectivity index (χ3n) is 5.43. The average molecular weight is 402 g/mol. The molecule has 0 amide bonds. The van der Waals surface area contributed by atoms with Crippen molar-refractivity contribution in [3.8, 4) is 0 Å². The van der Waals surface area contributed by atoms with Crippen LogP contribution in [0.25, 0.3) is 16.6 Å². The maximum atomic E-state index is 13.0. The first-order valence-electron chi connectivity index (χ1n) is 9.08. The van der Waals surface area contributed by atoms with Gasteiger partial charge in [0.25, 0.3) is 0 Å². The molecule has 2 N–H and O–H groups in total. The highest BCUT2D eigenvalue weighted by atomic mass is 19.4. The lowest BCUT2D eigenvalue weighted by atomic mass is 9.80. The number of nitrogens with one attached hydrogen (secondary N) is 2. The van der Waals surface area contributed by atoms with Gasteiger partial charge < -0.3 is 10.3 Å². The van der Waals surface area contributed by atoms with E-state index in [2.05, 4.69) is 25.6 Å². The van der Waals surface area contributed by atoms with Crippen molar-refractivity contribution in [3.05, 3.63) is 24.3 Å². The fourth-order valence-electron chi connectivity index (χ4n) is 3.87. The van der Waals surface area contributed by atoms with Crippen LogP contribution in [0.4, 0.5) is 22.0 Å². The van der Waals surface area contributed by atoms with E-state index in [0.717, 1.165) is 47.9 Å². The predicted molar refractivity (Wildman–Crippen MR) is 91.2 cm³/mol. The van der Waals surface area contributed by atoms with E-state index in [0.29, 0.717) is 0 Å². The molecule has 0 bridgehead atoms. The van der Waals surface area contributed by atoms with E-state index in [1.807, 2.05) is 6.07 Å². The topological polar surface area (TPSA) is 70.9 Å². The third kappa shape index (κ3) is 3.43. The molecule has 3 aromatic rings. The molecule has 0 saturated heterocycles. The molecule has 1 aliphatic rings. The van der Waals surface area contributed by atoms with Crippen LogP contribution in [0.5, 0.6) is 0 Å². The number of fused-ring (bicyclic) bond motifs is 3. The predicted octanol–water partition coefficient (Wildman–Crippen LogP) is 3.67. The van der Waals surface area contributed by atoms with Gasteiger partial charge in [-0.1, -0.05) is 5.21 Å². The first-order chi connectivity index (χ1) is 13.3. The molecule has 0 radical (unpaired) electrons. The molecule has 152 valence electrons. The van der Waals surface area contributed by atoms with E-state index in [1.54, 1.807) is 17.0 Å². The summed E-state index contributed by atoms with van der Waals surface area (Å²) in [4.78, 5) is 7.32. The average Bonchev–Trinajstić information content (AvgIpc) is 3.27. The summed E-state index contributed by atoms with van der Waals surface area (Å²) in [5.41, 5.74) is 2.53. The number of H-pyrrole nitrogens is 1. The first-order valence-corrected chi connectivity index (χ1v) is 9.08. The van der Waals surface area contributed by atoms with Crippen molar-refractivity contribution in [2.24, 2.45) is 5.92 Å². The molecule has 1 fully saturated rings. The second kappa shape index (κ2) is 6.94. The Morgan fingerprint density at radius 1 is 1.14 bits per heavy atom. The van der Waals surface area contributed by atoms with Gasteiger partial charge in [0.15, 0.2) is 0 Å². The molecule has 28 heavy (non-hydrogen) atoms. The molecule has 0 atom stereocenters. The van der Waals surface area contributed by atoms with Gasteiger partial charge in [-0.3, -0.25) is 0 Å². The highest BCUT2D eigenvalue weighted by molar-refractivity contribution is 5.92. The van der Waals surface area contributed by atoms with Crippen LogP contribution in [0.15, 0.2) is 18.6 Å². The second-order valence-corrected chi connectivity index (χ2v) is 7.30. The first kappa shape index (κ1) is 19.0. The number of rotatable bonds is 5. The Kier molecular flexibility index (Phi) is 4.72. The highest BCUT2D eigenvalue weighted by Crippen LogP contribution is 2.38. The molecule has 1 aliphatic carbocycles. The minimum absolute atomic E-state index is 0.0658. The molecule has 4 rings (SSSR count). The van der Waals surface area contributed by atoms with Crippen LogP contribution in [-0.2, 0) is 0 Å². The van der Waals surface area contributed by atoms with Crippen LogP contribution in [0, 0.1) is 5.92 Å². The van der Waals surface area contributed by atoms with Gasteiger partial charge in [-0.2, -0.15) is 22.0 Å². The van der Waals surface area contributed by atoms with E-state index < -0.39 is 18.6 Å². The quantitative estimate of drug-likeness (QED) is 0.639. The number of nitrogens with zero attached hydrogens (tertiary/aromatic N) is 4. The zero-order valence-electron chi connectivity index (χ0n) is 14.8. The van der Waals surface area contributed by atoms with E-state index in [9.17, 15) is 22.0 Å². The number of aromatic amines is 1. The van der Waals surface area contributed by atoms with Gasteiger partial charge in [0.05, 0.1) is 12.2 Å². The van der Waals surface area contributed by atoms with Crippen molar-refractivity contribution in [3.63, 3.8) is 0 Å². The van der Waals surface area contributed by atoms with Crippen molar-refractivity contribution >= 4 is 16.6 Å². The molecular weight excluding hydrogens is 383 g/mol. The summed E-state index contributed by atoms with van der Waals surface area (Å²) in [6.07, 6.45) is 0.903. The number of alkyl halides is 5. The SMILES string of the molecule is FC(F)(F)C(F)(F)CNCC1CCC(c2nnn3cnc4[nH]ccc4c23)CC1. The Hall–Kier alpha value is -2.30. The number of aromatic nitrogens is 5. The summed E-state index contributed by atoms with van der Waals surface area (Å²) < 4.78 is 64.2. The largest absolute Gasteiger partial charge is 0.454 e. The van der Waals surface area contributed by atoms with Crippen LogP contribution in [0.3, 0.4) is 0 Å². The summed E-state index contributed by atoms with van der Waals surface area (Å²) in [5.74, 6) is -4.47. The Labute approximate surface area is 156 Å². The normalized spacial score (nSPS) is 21.6. The molecule has 0 unspecified atom stereocenters. The maximum Gasteiger partial charge on any atom is 0.454 e. The standard InChI is InChI=1S/C17H19F5N6/c18-16(19,17(20,21)22)8-23-7-10-1-3-11(4-2-10)13-14-12-5-6-24-15(12)25-9-28(14)27-26-13/h5-6,9-11,23-24H,1-4,7-8H2.